The summed E-state index contributed by atoms with van der Waals surface area (Å²) in [5, 5.41) is 0. The number of benzene rings is 2. The van der Waals surface area contributed by atoms with Gasteiger partial charge < -0.3 is 9.72 Å². The SMILES string of the molecule is COC(=O)c1ccc([C@@H](C)CC(=O)c2cc(=O)[nH]c(-c3ccccc3)n2)cc1. The number of H-pyrrole nitrogens is 1. The summed E-state index contributed by atoms with van der Waals surface area (Å²) in [6, 6.07) is 17.3. The van der Waals surface area contributed by atoms with Gasteiger partial charge in [-0.2, -0.15) is 0 Å². The van der Waals surface area contributed by atoms with Gasteiger partial charge in [0.05, 0.1) is 12.7 Å². The third-order valence-corrected chi connectivity index (χ3v) is 4.47. The van der Waals surface area contributed by atoms with Crippen molar-refractivity contribution in [2.75, 3.05) is 7.11 Å². The second-order valence-electron chi connectivity index (χ2n) is 6.49. The zero-order valence-corrected chi connectivity index (χ0v) is 15.6. The first-order valence-electron chi connectivity index (χ1n) is 8.86. The van der Waals surface area contributed by atoms with E-state index < -0.39 is 5.97 Å². The predicted molar refractivity (Wildman–Crippen MR) is 105 cm³/mol. The second-order valence-corrected chi connectivity index (χ2v) is 6.49. The molecule has 0 aliphatic heterocycles. The van der Waals surface area contributed by atoms with Crippen LogP contribution < -0.4 is 5.56 Å². The summed E-state index contributed by atoms with van der Waals surface area (Å²) in [6.45, 7) is 1.91. The summed E-state index contributed by atoms with van der Waals surface area (Å²) in [4.78, 5) is 43.2. The van der Waals surface area contributed by atoms with Crippen molar-refractivity contribution in [3.8, 4) is 11.4 Å². The molecule has 0 amide bonds. The average Bonchev–Trinajstić information content (AvgIpc) is 2.73. The fraction of sp³-hybridized carbons (Fsp3) is 0.182. The lowest BCUT2D eigenvalue weighted by Crippen LogP contribution is -2.15. The van der Waals surface area contributed by atoms with Crippen LogP contribution in [0.1, 0.15) is 45.7 Å². The van der Waals surface area contributed by atoms with Crippen LogP contribution in [0.2, 0.25) is 0 Å². The van der Waals surface area contributed by atoms with Crippen molar-refractivity contribution < 1.29 is 14.3 Å². The highest BCUT2D eigenvalue weighted by Gasteiger charge is 2.17. The number of rotatable bonds is 6. The lowest BCUT2D eigenvalue weighted by molar-refractivity contribution is 0.0600. The van der Waals surface area contributed by atoms with E-state index in [0.717, 1.165) is 11.1 Å². The van der Waals surface area contributed by atoms with Gasteiger partial charge in [-0.15, -0.1) is 0 Å². The maximum absolute atomic E-state index is 12.7. The van der Waals surface area contributed by atoms with Crippen molar-refractivity contribution in [3.63, 3.8) is 0 Å². The minimum absolute atomic E-state index is 0.0968. The van der Waals surface area contributed by atoms with Crippen molar-refractivity contribution in [2.24, 2.45) is 0 Å². The van der Waals surface area contributed by atoms with Gasteiger partial charge in [-0.25, -0.2) is 9.78 Å². The van der Waals surface area contributed by atoms with E-state index in [1.807, 2.05) is 37.3 Å². The molecule has 6 heteroatoms. The number of hydrogen-bond acceptors (Lipinski definition) is 5. The molecule has 6 nitrogen and oxygen atoms in total. The minimum Gasteiger partial charge on any atom is -0.465 e. The van der Waals surface area contributed by atoms with E-state index in [1.54, 1.807) is 24.3 Å². The predicted octanol–water partition coefficient (Wildman–Crippen LogP) is 3.60. The second kappa shape index (κ2) is 8.43. The van der Waals surface area contributed by atoms with Gasteiger partial charge in [0.15, 0.2) is 5.78 Å². The number of hydrogen-bond donors (Lipinski definition) is 1. The highest BCUT2D eigenvalue weighted by molar-refractivity contribution is 5.95. The van der Waals surface area contributed by atoms with Crippen molar-refractivity contribution in [3.05, 3.63) is 87.8 Å². The number of aromatic amines is 1. The molecular weight excluding hydrogens is 356 g/mol. The maximum atomic E-state index is 12.7. The Balaban J connectivity index is 1.78. The summed E-state index contributed by atoms with van der Waals surface area (Å²) < 4.78 is 4.68. The molecule has 0 radical (unpaired) electrons. The number of carbonyl (C=O) groups excluding carboxylic acids is 2. The van der Waals surface area contributed by atoms with Crippen LogP contribution in [0.5, 0.6) is 0 Å². The molecule has 0 saturated heterocycles. The fourth-order valence-electron chi connectivity index (χ4n) is 2.90. The number of methoxy groups -OCH3 is 1. The molecule has 28 heavy (non-hydrogen) atoms. The number of nitrogens with one attached hydrogen (secondary N) is 1. The summed E-state index contributed by atoms with van der Waals surface area (Å²) in [7, 11) is 1.33. The number of carbonyl (C=O) groups is 2. The van der Waals surface area contributed by atoms with Crippen molar-refractivity contribution in [1.82, 2.24) is 9.97 Å². The molecule has 142 valence electrons. The Bertz CT molecular complexity index is 1040. The Labute approximate surface area is 162 Å². The molecule has 3 aromatic rings. The third-order valence-electron chi connectivity index (χ3n) is 4.47. The lowest BCUT2D eigenvalue weighted by atomic mass is 9.94. The molecule has 0 saturated carbocycles. The largest absolute Gasteiger partial charge is 0.465 e. The summed E-state index contributed by atoms with van der Waals surface area (Å²) in [5.74, 6) is -0.351. The van der Waals surface area contributed by atoms with E-state index in [2.05, 4.69) is 14.7 Å². The number of nitrogens with zero attached hydrogens (tertiary/aromatic N) is 1. The minimum atomic E-state index is -0.406. The van der Waals surface area contributed by atoms with Gasteiger partial charge >= 0.3 is 5.97 Å². The smallest absolute Gasteiger partial charge is 0.337 e. The zero-order valence-electron chi connectivity index (χ0n) is 15.6. The molecule has 3 rings (SSSR count). The molecule has 0 unspecified atom stereocenters. The van der Waals surface area contributed by atoms with Crippen LogP contribution in [0.15, 0.2) is 65.5 Å². The summed E-state index contributed by atoms with van der Waals surface area (Å²) >= 11 is 0. The molecule has 1 aromatic heterocycles. The molecule has 0 aliphatic carbocycles. The van der Waals surface area contributed by atoms with Crippen LogP contribution >= 0.6 is 0 Å². The first-order valence-corrected chi connectivity index (χ1v) is 8.86. The van der Waals surface area contributed by atoms with Crippen LogP contribution in [0.25, 0.3) is 11.4 Å². The van der Waals surface area contributed by atoms with Gasteiger partial charge in [-0.1, -0.05) is 49.4 Å². The van der Waals surface area contributed by atoms with Crippen molar-refractivity contribution in [2.45, 2.75) is 19.3 Å². The number of ether oxygens (including phenoxy) is 1. The van der Waals surface area contributed by atoms with Crippen LogP contribution in [-0.4, -0.2) is 28.8 Å². The van der Waals surface area contributed by atoms with Gasteiger partial charge in [0.1, 0.15) is 11.5 Å². The number of aromatic nitrogens is 2. The first-order chi connectivity index (χ1) is 13.5. The molecular formula is C22H20N2O4. The molecule has 1 N–H and O–H groups in total. The van der Waals surface area contributed by atoms with Crippen molar-refractivity contribution >= 4 is 11.8 Å². The Hall–Kier alpha value is -3.54. The molecule has 0 spiro atoms. The molecule has 0 fully saturated rings. The van der Waals surface area contributed by atoms with Crippen LogP contribution in [0.3, 0.4) is 0 Å². The number of Topliss-reactive ketones (excluding diaryl/α,β-unsaturated/α-hetero) is 1. The van der Waals surface area contributed by atoms with E-state index in [0.29, 0.717) is 11.4 Å². The Morgan fingerprint density at radius 3 is 2.39 bits per heavy atom. The summed E-state index contributed by atoms with van der Waals surface area (Å²) in [5.41, 5.74) is 1.87. The quantitative estimate of drug-likeness (QED) is 0.524. The van der Waals surface area contributed by atoms with Crippen LogP contribution in [0.4, 0.5) is 0 Å². The van der Waals surface area contributed by atoms with E-state index >= 15 is 0 Å². The summed E-state index contributed by atoms with van der Waals surface area (Å²) in [6.07, 6.45) is 0.197. The Kier molecular flexibility index (Phi) is 5.79. The van der Waals surface area contributed by atoms with Gasteiger partial charge in [0.25, 0.3) is 5.56 Å². The van der Waals surface area contributed by atoms with Crippen LogP contribution in [-0.2, 0) is 4.74 Å². The fourth-order valence-corrected chi connectivity index (χ4v) is 2.90. The van der Waals surface area contributed by atoms with Gasteiger partial charge in [0.2, 0.25) is 0 Å². The maximum Gasteiger partial charge on any atom is 0.337 e. The van der Waals surface area contributed by atoms with E-state index in [4.69, 9.17) is 0 Å². The normalized spacial score (nSPS) is 11.6. The highest BCUT2D eigenvalue weighted by atomic mass is 16.5. The third kappa shape index (κ3) is 4.40. The van der Waals surface area contributed by atoms with Crippen LogP contribution in [0, 0.1) is 0 Å². The van der Waals surface area contributed by atoms with E-state index in [1.165, 1.54) is 13.2 Å². The topological polar surface area (TPSA) is 89.1 Å². The van der Waals surface area contributed by atoms with E-state index in [-0.39, 0.29) is 29.4 Å². The van der Waals surface area contributed by atoms with Crippen molar-refractivity contribution in [1.29, 1.82) is 0 Å². The standard InChI is InChI=1S/C22H20N2O4/c1-14(15-8-10-17(11-9-15)22(27)28-2)12-19(25)18-13-20(26)24-21(23-18)16-6-4-3-5-7-16/h3-11,13-14H,12H2,1-2H3,(H,23,24,26)/t14-/m0/s1. The Morgan fingerprint density at radius 2 is 1.75 bits per heavy atom. The monoisotopic (exact) mass is 376 g/mol. The average molecular weight is 376 g/mol. The zero-order chi connectivity index (χ0) is 20.1. The molecule has 2 aromatic carbocycles. The molecule has 1 heterocycles. The molecule has 1 atom stereocenters. The number of esters is 1. The van der Waals surface area contributed by atoms with Gasteiger partial charge in [0, 0.05) is 18.1 Å². The molecule has 0 bridgehead atoms. The Morgan fingerprint density at radius 1 is 1.07 bits per heavy atom. The van der Waals surface area contributed by atoms with Gasteiger partial charge in [-0.05, 0) is 23.6 Å². The lowest BCUT2D eigenvalue weighted by Gasteiger charge is -2.12. The first kappa shape index (κ1) is 19.2. The van der Waals surface area contributed by atoms with Gasteiger partial charge in [-0.3, -0.25) is 9.59 Å². The van der Waals surface area contributed by atoms with E-state index in [9.17, 15) is 14.4 Å². The molecule has 0 aliphatic rings. The highest BCUT2D eigenvalue weighted by Crippen LogP contribution is 2.22. The number of ketones is 1.